The first-order valence-corrected chi connectivity index (χ1v) is 11.1. The van der Waals surface area contributed by atoms with Gasteiger partial charge in [0.15, 0.2) is 9.84 Å². The van der Waals surface area contributed by atoms with Crippen LogP contribution in [0.2, 0.25) is 0 Å². The Hall–Kier alpha value is -1.96. The van der Waals surface area contributed by atoms with Gasteiger partial charge >= 0.3 is 0 Å². The molecule has 0 radical (unpaired) electrons. The van der Waals surface area contributed by atoms with E-state index in [9.17, 15) is 13.2 Å². The number of rotatable bonds is 2. The minimum atomic E-state index is -3.37. The Morgan fingerprint density at radius 1 is 1.15 bits per heavy atom. The van der Waals surface area contributed by atoms with Crippen molar-refractivity contribution in [3.8, 4) is 10.4 Å². The molecule has 132 valence electrons. The second-order valence-corrected chi connectivity index (χ2v) is 10.0. The smallest absolute Gasteiger partial charge is 0.265 e. The van der Waals surface area contributed by atoms with E-state index in [1.165, 1.54) is 11.3 Å². The molecule has 1 N–H and O–H groups in total. The summed E-state index contributed by atoms with van der Waals surface area (Å²) >= 11 is 4.77. The van der Waals surface area contributed by atoms with Gasteiger partial charge in [-0.05, 0) is 58.2 Å². The van der Waals surface area contributed by atoms with Crippen LogP contribution in [0.1, 0.15) is 20.8 Å². The van der Waals surface area contributed by atoms with Crippen LogP contribution < -0.4 is 5.32 Å². The summed E-state index contributed by atoms with van der Waals surface area (Å²) in [4.78, 5) is 14.4. The van der Waals surface area contributed by atoms with Crippen LogP contribution in [-0.4, -0.2) is 14.3 Å². The molecular weight excluding hydrogens is 434 g/mol. The first kappa shape index (κ1) is 17.5. The van der Waals surface area contributed by atoms with Crippen molar-refractivity contribution < 1.29 is 13.2 Å². The Morgan fingerprint density at radius 3 is 2.69 bits per heavy atom. The highest BCUT2D eigenvalue weighted by atomic mass is 79.9. The van der Waals surface area contributed by atoms with Crippen LogP contribution in [0.25, 0.3) is 10.4 Å². The number of sulfone groups is 1. The van der Waals surface area contributed by atoms with E-state index < -0.39 is 9.84 Å². The molecule has 4 rings (SSSR count). The van der Waals surface area contributed by atoms with Crippen molar-refractivity contribution in [2.75, 3.05) is 5.32 Å². The Labute approximate surface area is 163 Å². The van der Waals surface area contributed by atoms with Crippen molar-refractivity contribution in [2.45, 2.75) is 17.6 Å². The van der Waals surface area contributed by atoms with E-state index in [4.69, 9.17) is 0 Å². The first-order chi connectivity index (χ1) is 12.3. The number of fused-ring (bicyclic) bond motifs is 3. The van der Waals surface area contributed by atoms with E-state index in [2.05, 4.69) is 21.2 Å². The van der Waals surface area contributed by atoms with E-state index in [1.54, 1.807) is 24.3 Å². The molecule has 0 unspecified atom stereocenters. The molecule has 0 spiro atoms. The van der Waals surface area contributed by atoms with Crippen molar-refractivity contribution in [3.05, 3.63) is 69.0 Å². The van der Waals surface area contributed by atoms with Crippen LogP contribution in [0.15, 0.2) is 57.9 Å². The monoisotopic (exact) mass is 447 g/mol. The number of carbonyl (C=O) groups excluding carboxylic acids is 1. The molecule has 1 aliphatic rings. The van der Waals surface area contributed by atoms with Crippen molar-refractivity contribution in [1.29, 1.82) is 0 Å². The van der Waals surface area contributed by atoms with Crippen LogP contribution >= 0.6 is 27.3 Å². The molecule has 26 heavy (non-hydrogen) atoms. The maximum Gasteiger partial charge on any atom is 0.265 e. The number of anilines is 1. The largest absolute Gasteiger partial charge is 0.320 e. The Balaban J connectivity index is 1.71. The van der Waals surface area contributed by atoms with Gasteiger partial charge in [0.1, 0.15) is 0 Å². The predicted molar refractivity (Wildman–Crippen MR) is 107 cm³/mol. The lowest BCUT2D eigenvalue weighted by atomic mass is 10.1. The van der Waals surface area contributed by atoms with Gasteiger partial charge in [-0.3, -0.25) is 4.79 Å². The number of benzene rings is 2. The summed E-state index contributed by atoms with van der Waals surface area (Å²) in [6.45, 7) is 1.97. The number of hydrogen-bond acceptors (Lipinski definition) is 4. The number of amides is 1. The lowest BCUT2D eigenvalue weighted by Crippen LogP contribution is -2.11. The second kappa shape index (κ2) is 6.33. The summed E-state index contributed by atoms with van der Waals surface area (Å²) in [5.74, 6) is -0.319. The molecule has 0 aliphatic carbocycles. The minimum Gasteiger partial charge on any atom is -0.320 e. The molecule has 3 aromatic rings. The average molecular weight is 448 g/mol. The van der Waals surface area contributed by atoms with Gasteiger partial charge in [0, 0.05) is 14.9 Å². The van der Waals surface area contributed by atoms with Crippen LogP contribution in [0.4, 0.5) is 5.69 Å². The molecule has 1 aliphatic heterocycles. The minimum absolute atomic E-state index is 0.0721. The van der Waals surface area contributed by atoms with Gasteiger partial charge in [-0.25, -0.2) is 8.42 Å². The third kappa shape index (κ3) is 3.00. The topological polar surface area (TPSA) is 63.2 Å². The number of aryl methyl sites for hydroxylation is 1. The molecule has 1 amide bonds. The maximum absolute atomic E-state index is 12.7. The predicted octanol–water partition coefficient (Wildman–Crippen LogP) is 5.03. The van der Waals surface area contributed by atoms with Crippen molar-refractivity contribution in [1.82, 2.24) is 0 Å². The molecule has 1 aromatic heterocycles. The fourth-order valence-electron chi connectivity index (χ4n) is 2.99. The number of nitrogens with one attached hydrogen (secondary N) is 1. The highest BCUT2D eigenvalue weighted by Gasteiger charge is 2.30. The average Bonchev–Trinajstić information content (AvgIpc) is 3.01. The van der Waals surface area contributed by atoms with Gasteiger partial charge < -0.3 is 5.32 Å². The fraction of sp³-hybridized carbons (Fsp3) is 0.105. The summed E-state index contributed by atoms with van der Waals surface area (Å²) in [6, 6.07) is 14.3. The normalized spacial score (nSPS) is 14.4. The van der Waals surface area contributed by atoms with Crippen LogP contribution in [0.3, 0.4) is 0 Å². The van der Waals surface area contributed by atoms with Crippen LogP contribution in [0, 0.1) is 6.92 Å². The molecule has 0 saturated heterocycles. The molecule has 0 atom stereocenters. The molecule has 0 saturated carbocycles. The van der Waals surface area contributed by atoms with E-state index in [-0.39, 0.29) is 11.7 Å². The lowest BCUT2D eigenvalue weighted by molar-refractivity contribution is 0.103. The van der Waals surface area contributed by atoms with E-state index in [0.717, 1.165) is 14.9 Å². The second-order valence-electron chi connectivity index (χ2n) is 6.16. The van der Waals surface area contributed by atoms with Gasteiger partial charge in [0.2, 0.25) is 0 Å². The fourth-order valence-corrected chi connectivity index (χ4v) is 6.44. The molecule has 4 nitrogen and oxygen atoms in total. The van der Waals surface area contributed by atoms with Gasteiger partial charge in [-0.15, -0.1) is 11.3 Å². The zero-order chi connectivity index (χ0) is 18.5. The third-order valence-corrected chi connectivity index (χ3v) is 7.80. The van der Waals surface area contributed by atoms with E-state index >= 15 is 0 Å². The maximum atomic E-state index is 12.7. The summed E-state index contributed by atoms with van der Waals surface area (Å²) < 4.78 is 25.8. The summed E-state index contributed by atoms with van der Waals surface area (Å²) in [6.07, 6.45) is 0. The van der Waals surface area contributed by atoms with E-state index in [0.29, 0.717) is 26.6 Å². The third-order valence-electron chi connectivity index (χ3n) is 4.22. The quantitative estimate of drug-likeness (QED) is 0.599. The molecule has 2 aromatic carbocycles. The van der Waals surface area contributed by atoms with Gasteiger partial charge in [0.05, 0.1) is 21.2 Å². The number of halogens is 1. The number of carbonyl (C=O) groups is 1. The van der Waals surface area contributed by atoms with Crippen molar-refractivity contribution >= 4 is 48.7 Å². The lowest BCUT2D eigenvalue weighted by Gasteiger charge is -2.15. The van der Waals surface area contributed by atoms with Crippen molar-refractivity contribution in [2.24, 2.45) is 0 Å². The summed E-state index contributed by atoms with van der Waals surface area (Å²) in [5, 5.41) is 2.88. The number of thiophene rings is 1. The molecule has 0 fully saturated rings. The Bertz CT molecular complexity index is 1150. The molecule has 0 bridgehead atoms. The Morgan fingerprint density at radius 2 is 1.92 bits per heavy atom. The van der Waals surface area contributed by atoms with Gasteiger partial charge in [-0.1, -0.05) is 24.3 Å². The molecule has 2 heterocycles. The highest BCUT2D eigenvalue weighted by molar-refractivity contribution is 9.10. The highest BCUT2D eigenvalue weighted by Crippen LogP contribution is 2.42. The van der Waals surface area contributed by atoms with E-state index in [1.807, 2.05) is 31.2 Å². The SMILES string of the molecule is Cc1ccc(NC(=O)c2cc3c(s2)-c2ccccc2S(=O)(=O)C3)c(Br)c1. The molecule has 7 heteroatoms. The number of hydrogen-bond donors (Lipinski definition) is 1. The van der Waals surface area contributed by atoms with Crippen molar-refractivity contribution in [3.63, 3.8) is 0 Å². The standard InChI is InChI=1S/C19H14BrNO3S2/c1-11-6-7-15(14(20)8-11)21-19(22)16-9-12-10-26(23,24)17-5-3-2-4-13(17)18(12)25-16/h2-9H,10H2,1H3,(H,21,22). The zero-order valence-corrected chi connectivity index (χ0v) is 17.0. The zero-order valence-electron chi connectivity index (χ0n) is 13.7. The van der Waals surface area contributed by atoms with Gasteiger partial charge in [-0.2, -0.15) is 0 Å². The first-order valence-electron chi connectivity index (χ1n) is 7.87. The summed E-state index contributed by atoms with van der Waals surface area (Å²) in [5.41, 5.74) is 3.12. The summed E-state index contributed by atoms with van der Waals surface area (Å²) in [7, 11) is -3.37. The van der Waals surface area contributed by atoms with Crippen LogP contribution in [0.5, 0.6) is 0 Å². The van der Waals surface area contributed by atoms with Gasteiger partial charge in [0.25, 0.3) is 5.91 Å². The Kier molecular flexibility index (Phi) is 4.25. The van der Waals surface area contributed by atoms with Crippen LogP contribution in [-0.2, 0) is 15.6 Å². The molecular formula is C19H14BrNO3S2.